The van der Waals surface area contributed by atoms with Crippen molar-refractivity contribution in [3.8, 4) is 17.1 Å². The quantitative estimate of drug-likeness (QED) is 0.150. The molecule has 12 aromatic rings. The molecule has 0 radical (unpaired) electrons. The zero-order chi connectivity index (χ0) is 38.2. The number of hydrogen-bond donors (Lipinski definition) is 0. The molecular weight excluding hydrogens is 722 g/mol. The predicted octanol–water partition coefficient (Wildman–Crippen LogP) is 12.7. The van der Waals surface area contributed by atoms with Gasteiger partial charge in [-0.05, 0) is 62.5 Å². The van der Waals surface area contributed by atoms with Crippen LogP contribution in [0.1, 0.15) is 0 Å². The Morgan fingerprint density at radius 1 is 0.207 bits per heavy atom. The molecule has 0 saturated heterocycles. The maximum absolute atomic E-state index is 2.50. The van der Waals surface area contributed by atoms with Crippen molar-refractivity contribution in [1.29, 1.82) is 0 Å². The molecule has 0 unspecified atom stereocenters. The Hall–Kier alpha value is -7.19. The van der Waals surface area contributed by atoms with E-state index in [1.807, 2.05) is 0 Å². The van der Waals surface area contributed by atoms with Crippen molar-refractivity contribution in [2.24, 2.45) is 0 Å². The molecule has 3 nitrogen and oxygen atoms in total. The van der Waals surface area contributed by atoms with Crippen molar-refractivity contribution in [3.05, 3.63) is 218 Å². The summed E-state index contributed by atoms with van der Waals surface area (Å²) in [5, 5.41) is 11.4. The van der Waals surface area contributed by atoms with E-state index in [4.69, 9.17) is 0 Å². The van der Waals surface area contributed by atoms with Gasteiger partial charge in [-0.1, -0.05) is 164 Å². The highest BCUT2D eigenvalue weighted by Gasteiger charge is 2.29. The van der Waals surface area contributed by atoms with E-state index in [1.54, 1.807) is 0 Å². The van der Waals surface area contributed by atoms with Crippen molar-refractivity contribution < 1.29 is 0 Å². The van der Waals surface area contributed by atoms with Crippen LogP contribution in [-0.4, -0.2) is 13.7 Å². The lowest BCUT2D eigenvalue weighted by Crippen LogP contribution is -2.28. The van der Waals surface area contributed by atoms with Crippen LogP contribution < -0.4 is 15.9 Å². The van der Waals surface area contributed by atoms with Crippen LogP contribution in [0.4, 0.5) is 0 Å². The number of rotatable bonds is 6. The van der Waals surface area contributed by atoms with Crippen molar-refractivity contribution in [3.63, 3.8) is 0 Å². The fourth-order valence-corrected chi connectivity index (χ4v) is 12.2. The Morgan fingerprint density at radius 2 is 0.397 bits per heavy atom. The van der Waals surface area contributed by atoms with E-state index in [1.165, 1.54) is 98.4 Å². The summed E-state index contributed by atoms with van der Waals surface area (Å²) in [5.74, 6) is 0. The average molecular weight is 758 g/mol. The molecule has 9 aromatic carbocycles. The molecule has 0 bridgehead atoms. The zero-order valence-corrected chi connectivity index (χ0v) is 32.5. The van der Waals surface area contributed by atoms with Crippen molar-refractivity contribution in [2.75, 3.05) is 0 Å². The van der Waals surface area contributed by atoms with Crippen LogP contribution in [0.3, 0.4) is 0 Å². The average Bonchev–Trinajstić information content (AvgIpc) is 3.93. The fourth-order valence-electron chi connectivity index (χ4n) is 9.46. The second-order valence-corrected chi connectivity index (χ2v) is 17.0. The largest absolute Gasteiger partial charge is 0.309 e. The highest BCUT2D eigenvalue weighted by molar-refractivity contribution is 7.80. The molecule has 12 rings (SSSR count). The van der Waals surface area contributed by atoms with E-state index in [2.05, 4.69) is 232 Å². The predicted molar refractivity (Wildman–Crippen MR) is 248 cm³/mol. The van der Waals surface area contributed by atoms with Gasteiger partial charge in [0, 0.05) is 48.2 Å². The molecule has 0 aliphatic carbocycles. The van der Waals surface area contributed by atoms with Crippen molar-refractivity contribution in [2.45, 2.75) is 0 Å². The summed E-state index contributed by atoms with van der Waals surface area (Å²) < 4.78 is 7.50. The van der Waals surface area contributed by atoms with Crippen LogP contribution in [0.2, 0.25) is 0 Å². The SMILES string of the molecule is c1ccc(P(c2ccccc2-n2c3ccccc3c3ccccc32)c2ccccc2-n2c3ccccc3c3ccccc32)c(-n2c3ccccc3c3ccccc32)c1. The van der Waals surface area contributed by atoms with E-state index < -0.39 is 7.92 Å². The van der Waals surface area contributed by atoms with Crippen LogP contribution in [0.5, 0.6) is 0 Å². The van der Waals surface area contributed by atoms with Crippen LogP contribution in [0.25, 0.3) is 82.5 Å². The molecule has 0 atom stereocenters. The summed E-state index contributed by atoms with van der Waals surface area (Å²) in [5.41, 5.74) is 10.8. The summed E-state index contributed by atoms with van der Waals surface area (Å²) in [7, 11) is -1.22. The molecule has 0 aliphatic heterocycles. The molecule has 0 saturated carbocycles. The maximum Gasteiger partial charge on any atom is 0.0545 e. The highest BCUT2D eigenvalue weighted by atomic mass is 31.1. The van der Waals surface area contributed by atoms with Crippen molar-refractivity contribution >= 4 is 89.3 Å². The smallest absolute Gasteiger partial charge is 0.0545 e. The first-order valence-corrected chi connectivity index (χ1v) is 21.2. The highest BCUT2D eigenvalue weighted by Crippen LogP contribution is 2.44. The van der Waals surface area contributed by atoms with Gasteiger partial charge in [-0.25, -0.2) is 0 Å². The minimum atomic E-state index is -1.22. The van der Waals surface area contributed by atoms with E-state index in [9.17, 15) is 0 Å². The number of fused-ring (bicyclic) bond motifs is 9. The monoisotopic (exact) mass is 757 g/mol. The molecular formula is C54H36N3P. The third-order valence-corrected chi connectivity index (χ3v) is 14.4. The zero-order valence-electron chi connectivity index (χ0n) is 31.6. The first-order valence-electron chi connectivity index (χ1n) is 19.9. The number of aromatic nitrogens is 3. The van der Waals surface area contributed by atoms with Gasteiger partial charge < -0.3 is 13.7 Å². The standard InChI is InChI=1S/C54H36N3P/c1-7-25-43-37(19-1)38-20-2-8-26-44(38)55(43)49-31-13-16-34-52(49)58(53-35-17-14-32-50(53)56-45-27-9-3-21-39(45)40-22-4-10-28-46(40)56)54-36-18-15-33-51(54)57-47-29-11-5-23-41(47)42-24-6-12-30-48(42)57/h1-36H. The minimum absolute atomic E-state index is 1.19. The van der Waals surface area contributed by atoms with Crippen LogP contribution >= 0.6 is 7.92 Å². The Bertz CT molecular complexity index is 3010. The van der Waals surface area contributed by atoms with Gasteiger partial charge in [-0.2, -0.15) is 0 Å². The van der Waals surface area contributed by atoms with Gasteiger partial charge in [0.25, 0.3) is 0 Å². The topological polar surface area (TPSA) is 14.8 Å². The third-order valence-electron chi connectivity index (χ3n) is 11.8. The van der Waals surface area contributed by atoms with Crippen molar-refractivity contribution in [1.82, 2.24) is 13.7 Å². The Balaban J connectivity index is 1.22. The summed E-state index contributed by atoms with van der Waals surface area (Å²) in [6, 6.07) is 80.5. The van der Waals surface area contributed by atoms with Gasteiger partial charge >= 0.3 is 0 Å². The minimum Gasteiger partial charge on any atom is -0.309 e. The Labute approximate surface area is 337 Å². The fraction of sp³-hybridized carbons (Fsp3) is 0. The van der Waals surface area contributed by atoms with Gasteiger partial charge in [-0.15, -0.1) is 0 Å². The lowest BCUT2D eigenvalue weighted by atomic mass is 10.2. The number of nitrogens with zero attached hydrogens (tertiary/aromatic N) is 3. The normalized spacial score (nSPS) is 11.9. The van der Waals surface area contributed by atoms with E-state index in [-0.39, 0.29) is 0 Å². The van der Waals surface area contributed by atoms with Gasteiger partial charge in [0.2, 0.25) is 0 Å². The number of hydrogen-bond acceptors (Lipinski definition) is 0. The molecule has 0 aliphatic rings. The second kappa shape index (κ2) is 13.2. The molecule has 3 heterocycles. The van der Waals surface area contributed by atoms with E-state index in [0.29, 0.717) is 0 Å². The second-order valence-electron chi connectivity index (χ2n) is 14.9. The third kappa shape index (κ3) is 4.84. The summed E-state index contributed by atoms with van der Waals surface area (Å²) in [6.07, 6.45) is 0. The summed E-state index contributed by atoms with van der Waals surface area (Å²) in [6.45, 7) is 0. The molecule has 58 heavy (non-hydrogen) atoms. The molecule has 0 amide bonds. The van der Waals surface area contributed by atoms with Gasteiger partial charge in [0.1, 0.15) is 0 Å². The molecule has 3 aromatic heterocycles. The van der Waals surface area contributed by atoms with Gasteiger partial charge in [0.15, 0.2) is 0 Å². The molecule has 0 spiro atoms. The van der Waals surface area contributed by atoms with Crippen LogP contribution in [0, 0.1) is 0 Å². The Kier molecular flexibility index (Phi) is 7.51. The molecule has 272 valence electrons. The molecule has 4 heteroatoms. The summed E-state index contributed by atoms with van der Waals surface area (Å²) >= 11 is 0. The first-order chi connectivity index (χ1) is 28.8. The maximum atomic E-state index is 2.50. The van der Waals surface area contributed by atoms with Crippen LogP contribution in [0.15, 0.2) is 218 Å². The lowest BCUT2D eigenvalue weighted by molar-refractivity contribution is 1.19. The number of benzene rings is 9. The van der Waals surface area contributed by atoms with Gasteiger partial charge in [-0.3, -0.25) is 0 Å². The lowest BCUT2D eigenvalue weighted by Gasteiger charge is -2.28. The number of para-hydroxylation sites is 9. The van der Waals surface area contributed by atoms with Gasteiger partial charge in [0.05, 0.1) is 50.2 Å². The molecule has 0 fully saturated rings. The first kappa shape index (κ1) is 33.0. The van der Waals surface area contributed by atoms with Crippen LogP contribution in [-0.2, 0) is 0 Å². The summed E-state index contributed by atoms with van der Waals surface area (Å²) in [4.78, 5) is 0. The molecule has 0 N–H and O–H groups in total. The van der Waals surface area contributed by atoms with E-state index in [0.717, 1.165) is 0 Å². The van der Waals surface area contributed by atoms with E-state index >= 15 is 0 Å². The Morgan fingerprint density at radius 3 is 0.638 bits per heavy atom.